The minimum absolute atomic E-state index is 0.0609. The summed E-state index contributed by atoms with van der Waals surface area (Å²) in [6, 6.07) is 0. The van der Waals surface area contributed by atoms with E-state index < -0.39 is 5.97 Å². The highest BCUT2D eigenvalue weighted by atomic mass is 16.4. The lowest BCUT2D eigenvalue weighted by atomic mass is 10.0. The molecule has 0 aromatic heterocycles. The normalized spacial score (nSPS) is 23.6. The van der Waals surface area contributed by atoms with Gasteiger partial charge in [0, 0.05) is 19.0 Å². The van der Waals surface area contributed by atoms with Gasteiger partial charge in [-0.15, -0.1) is 0 Å². The molecule has 0 bridgehead atoms. The van der Waals surface area contributed by atoms with E-state index in [0.717, 1.165) is 32.4 Å². The number of hydrogen-bond donors (Lipinski definition) is 1. The quantitative estimate of drug-likeness (QED) is 0.775. The van der Waals surface area contributed by atoms with Crippen molar-refractivity contribution in [2.24, 2.45) is 11.8 Å². The average molecular weight is 241 g/mol. The van der Waals surface area contributed by atoms with Gasteiger partial charge in [0.2, 0.25) is 5.91 Å². The summed E-state index contributed by atoms with van der Waals surface area (Å²) in [5, 5.41) is 8.93. The van der Waals surface area contributed by atoms with Gasteiger partial charge in [0.15, 0.2) is 0 Å². The molecule has 1 amide bonds. The summed E-state index contributed by atoms with van der Waals surface area (Å²) in [4.78, 5) is 25.0. The van der Waals surface area contributed by atoms with Gasteiger partial charge >= 0.3 is 5.97 Å². The van der Waals surface area contributed by atoms with Crippen LogP contribution in [0.25, 0.3) is 0 Å². The van der Waals surface area contributed by atoms with Crippen molar-refractivity contribution in [1.29, 1.82) is 0 Å². The van der Waals surface area contributed by atoms with Crippen molar-refractivity contribution in [3.05, 3.63) is 0 Å². The molecule has 0 radical (unpaired) electrons. The number of carbonyl (C=O) groups excluding carboxylic acids is 1. The first-order chi connectivity index (χ1) is 8.10. The number of carboxylic acids is 1. The minimum Gasteiger partial charge on any atom is -0.481 e. The predicted molar refractivity (Wildman–Crippen MR) is 65.6 cm³/mol. The van der Waals surface area contributed by atoms with Crippen molar-refractivity contribution in [1.82, 2.24) is 4.90 Å². The molecule has 0 heterocycles. The molecule has 1 fully saturated rings. The van der Waals surface area contributed by atoms with Crippen LogP contribution in [0.15, 0.2) is 0 Å². The van der Waals surface area contributed by atoms with Crippen LogP contribution in [0.1, 0.15) is 46.0 Å². The fraction of sp³-hybridized carbons (Fsp3) is 0.846. The highest BCUT2D eigenvalue weighted by Gasteiger charge is 2.35. The number of rotatable bonds is 6. The Kier molecular flexibility index (Phi) is 5.45. The molecule has 0 aliphatic heterocycles. The molecular formula is C13H23NO3. The lowest BCUT2D eigenvalue weighted by Gasteiger charge is -2.24. The Morgan fingerprint density at radius 3 is 2.06 bits per heavy atom. The van der Waals surface area contributed by atoms with E-state index in [1.165, 1.54) is 0 Å². The van der Waals surface area contributed by atoms with Crippen LogP contribution in [0, 0.1) is 11.8 Å². The van der Waals surface area contributed by atoms with E-state index in [1.54, 1.807) is 0 Å². The second kappa shape index (κ2) is 6.62. The van der Waals surface area contributed by atoms with Gasteiger partial charge in [0.1, 0.15) is 0 Å². The third-order valence-corrected chi connectivity index (χ3v) is 3.43. The molecule has 0 aromatic carbocycles. The molecular weight excluding hydrogens is 218 g/mol. The lowest BCUT2D eigenvalue weighted by molar-refractivity contribution is -0.141. The Balaban J connectivity index is 2.54. The number of nitrogens with zero attached hydrogens (tertiary/aromatic N) is 1. The molecule has 2 atom stereocenters. The first-order valence-electron chi connectivity index (χ1n) is 6.61. The zero-order valence-electron chi connectivity index (χ0n) is 10.8. The maximum absolute atomic E-state index is 12.2. The highest BCUT2D eigenvalue weighted by Crippen LogP contribution is 2.32. The Morgan fingerprint density at radius 1 is 1.12 bits per heavy atom. The number of amides is 1. The van der Waals surface area contributed by atoms with Crippen molar-refractivity contribution in [2.45, 2.75) is 46.0 Å². The van der Waals surface area contributed by atoms with Crippen molar-refractivity contribution >= 4 is 11.9 Å². The monoisotopic (exact) mass is 241 g/mol. The molecule has 4 nitrogen and oxygen atoms in total. The van der Waals surface area contributed by atoms with Crippen LogP contribution in [0.3, 0.4) is 0 Å². The molecule has 17 heavy (non-hydrogen) atoms. The van der Waals surface area contributed by atoms with E-state index in [1.807, 2.05) is 4.90 Å². The highest BCUT2D eigenvalue weighted by molar-refractivity contribution is 5.81. The second-order valence-electron chi connectivity index (χ2n) is 4.87. The maximum Gasteiger partial charge on any atom is 0.306 e. The summed E-state index contributed by atoms with van der Waals surface area (Å²) < 4.78 is 0. The largest absolute Gasteiger partial charge is 0.481 e. The molecule has 1 aliphatic rings. The van der Waals surface area contributed by atoms with E-state index >= 15 is 0 Å². The first kappa shape index (κ1) is 14.0. The summed E-state index contributed by atoms with van der Waals surface area (Å²) in [6.45, 7) is 5.71. The summed E-state index contributed by atoms with van der Waals surface area (Å²) in [5.41, 5.74) is 0. The van der Waals surface area contributed by atoms with Crippen LogP contribution in [0.5, 0.6) is 0 Å². The van der Waals surface area contributed by atoms with Gasteiger partial charge in [0.05, 0.1) is 5.92 Å². The summed E-state index contributed by atoms with van der Waals surface area (Å²) in [5.74, 6) is -0.960. The molecule has 1 N–H and O–H groups in total. The van der Waals surface area contributed by atoms with Crippen LogP contribution in [-0.2, 0) is 9.59 Å². The number of aliphatic carboxylic acids is 1. The number of carbonyl (C=O) groups is 2. The topological polar surface area (TPSA) is 57.6 Å². The lowest BCUT2D eigenvalue weighted by Crippen LogP contribution is -2.36. The SMILES string of the molecule is CCCN(CCC)C(=O)C1CCC(C(=O)O)C1. The van der Waals surface area contributed by atoms with Crippen LogP contribution in [-0.4, -0.2) is 35.0 Å². The molecule has 98 valence electrons. The van der Waals surface area contributed by atoms with Crippen molar-refractivity contribution < 1.29 is 14.7 Å². The second-order valence-corrected chi connectivity index (χ2v) is 4.87. The van der Waals surface area contributed by atoms with Gasteiger partial charge < -0.3 is 10.0 Å². The Morgan fingerprint density at radius 2 is 1.65 bits per heavy atom. The van der Waals surface area contributed by atoms with Crippen molar-refractivity contribution in [2.75, 3.05) is 13.1 Å². The van der Waals surface area contributed by atoms with Crippen LogP contribution >= 0.6 is 0 Å². The van der Waals surface area contributed by atoms with E-state index in [9.17, 15) is 9.59 Å². The Hall–Kier alpha value is -1.06. The van der Waals surface area contributed by atoms with Crippen molar-refractivity contribution in [3.63, 3.8) is 0 Å². The van der Waals surface area contributed by atoms with Gasteiger partial charge in [-0.05, 0) is 32.1 Å². The first-order valence-corrected chi connectivity index (χ1v) is 6.61. The predicted octanol–water partition coefficient (Wildman–Crippen LogP) is 2.14. The fourth-order valence-electron chi connectivity index (χ4n) is 2.56. The van der Waals surface area contributed by atoms with E-state index in [2.05, 4.69) is 13.8 Å². The van der Waals surface area contributed by atoms with Crippen LogP contribution < -0.4 is 0 Å². The third-order valence-electron chi connectivity index (χ3n) is 3.43. The van der Waals surface area contributed by atoms with E-state index in [4.69, 9.17) is 5.11 Å². The summed E-state index contributed by atoms with van der Waals surface area (Å²) >= 11 is 0. The molecule has 1 aliphatic carbocycles. The standard InChI is InChI=1S/C13H23NO3/c1-3-7-14(8-4-2)12(15)10-5-6-11(9-10)13(16)17/h10-11H,3-9H2,1-2H3,(H,16,17). The average Bonchev–Trinajstić information content (AvgIpc) is 2.77. The van der Waals surface area contributed by atoms with Gasteiger partial charge in [-0.25, -0.2) is 0 Å². The third kappa shape index (κ3) is 3.72. The summed E-state index contributed by atoms with van der Waals surface area (Å²) in [6.07, 6.45) is 3.83. The molecule has 2 unspecified atom stereocenters. The zero-order valence-corrected chi connectivity index (χ0v) is 10.8. The number of hydrogen-bond acceptors (Lipinski definition) is 2. The van der Waals surface area contributed by atoms with E-state index in [-0.39, 0.29) is 17.7 Å². The summed E-state index contributed by atoms with van der Waals surface area (Å²) in [7, 11) is 0. The number of carboxylic acid groups (broad SMARTS) is 1. The molecule has 1 rings (SSSR count). The van der Waals surface area contributed by atoms with Crippen LogP contribution in [0.2, 0.25) is 0 Å². The fourth-order valence-corrected chi connectivity index (χ4v) is 2.56. The van der Waals surface area contributed by atoms with Gasteiger partial charge in [-0.3, -0.25) is 9.59 Å². The smallest absolute Gasteiger partial charge is 0.306 e. The van der Waals surface area contributed by atoms with Gasteiger partial charge in [-0.1, -0.05) is 13.8 Å². The molecule has 4 heteroatoms. The maximum atomic E-state index is 12.2. The molecule has 1 saturated carbocycles. The van der Waals surface area contributed by atoms with Gasteiger partial charge in [0.25, 0.3) is 0 Å². The molecule has 0 spiro atoms. The van der Waals surface area contributed by atoms with Crippen molar-refractivity contribution in [3.8, 4) is 0 Å². The van der Waals surface area contributed by atoms with Crippen LogP contribution in [0.4, 0.5) is 0 Å². The zero-order chi connectivity index (χ0) is 12.8. The molecule has 0 aromatic rings. The molecule has 0 saturated heterocycles. The Labute approximate surface area is 103 Å². The minimum atomic E-state index is -0.752. The Bertz CT molecular complexity index is 272. The van der Waals surface area contributed by atoms with E-state index in [0.29, 0.717) is 12.8 Å². The van der Waals surface area contributed by atoms with Gasteiger partial charge in [-0.2, -0.15) is 0 Å².